The van der Waals surface area contributed by atoms with Crippen molar-refractivity contribution in [3.8, 4) is 0 Å². The summed E-state index contributed by atoms with van der Waals surface area (Å²) in [6, 6.07) is 2.95. The average molecular weight is 306 g/mol. The van der Waals surface area contributed by atoms with Crippen molar-refractivity contribution in [2.45, 2.75) is 38.7 Å². The van der Waals surface area contributed by atoms with Crippen LogP contribution in [0.15, 0.2) is 18.3 Å². The first-order valence-corrected chi connectivity index (χ1v) is 7.31. The lowest BCUT2D eigenvalue weighted by atomic mass is 10.1. The first kappa shape index (κ1) is 14.7. The normalized spacial score (nSPS) is 18.9. The van der Waals surface area contributed by atoms with Crippen LogP contribution in [-0.4, -0.2) is 44.3 Å². The van der Waals surface area contributed by atoms with E-state index >= 15 is 0 Å². The van der Waals surface area contributed by atoms with E-state index in [0.29, 0.717) is 24.6 Å². The maximum absolute atomic E-state index is 13.4. The number of halogens is 1. The Labute approximate surface area is 127 Å². The Morgan fingerprint density at radius 3 is 2.86 bits per heavy atom. The maximum Gasteiger partial charge on any atom is 0.410 e. The number of amides is 1. The van der Waals surface area contributed by atoms with E-state index in [9.17, 15) is 9.18 Å². The van der Waals surface area contributed by atoms with Gasteiger partial charge >= 0.3 is 6.09 Å². The molecule has 2 aromatic rings. The minimum atomic E-state index is -0.514. The number of rotatable bonds is 1. The van der Waals surface area contributed by atoms with E-state index in [1.54, 1.807) is 15.4 Å². The summed E-state index contributed by atoms with van der Waals surface area (Å²) in [5.74, 6) is 0.375. The molecule has 0 N–H and O–H groups in total. The zero-order valence-corrected chi connectivity index (χ0v) is 12.9. The molecule has 0 aliphatic carbocycles. The highest BCUT2D eigenvalue weighted by molar-refractivity contribution is 5.68. The fourth-order valence-corrected chi connectivity index (χ4v) is 2.62. The Kier molecular flexibility index (Phi) is 3.50. The fraction of sp³-hybridized carbons (Fsp3) is 0.533. The molecule has 0 radical (unpaired) electrons. The number of pyridine rings is 1. The first-order chi connectivity index (χ1) is 10.3. The molecule has 0 saturated carbocycles. The van der Waals surface area contributed by atoms with Gasteiger partial charge in [0, 0.05) is 25.2 Å². The van der Waals surface area contributed by atoms with Crippen LogP contribution in [0.4, 0.5) is 9.18 Å². The van der Waals surface area contributed by atoms with Crippen molar-refractivity contribution >= 4 is 11.7 Å². The molecule has 1 saturated heterocycles. The number of aromatic nitrogens is 3. The standard InChI is InChI=1S/C15H19FN4O2/c1-15(2,3)22-14(21)19-7-6-10(8-19)13-18-17-12-5-4-11(16)9-20(12)13/h4-5,9-10H,6-8H2,1-3H3. The largest absolute Gasteiger partial charge is 0.444 e. The van der Waals surface area contributed by atoms with Gasteiger partial charge in [0.1, 0.15) is 17.2 Å². The highest BCUT2D eigenvalue weighted by Crippen LogP contribution is 2.27. The van der Waals surface area contributed by atoms with Crippen molar-refractivity contribution in [2.75, 3.05) is 13.1 Å². The molecule has 3 rings (SSSR count). The average Bonchev–Trinajstić information content (AvgIpc) is 3.01. The smallest absolute Gasteiger partial charge is 0.410 e. The number of fused-ring (bicyclic) bond motifs is 1. The van der Waals surface area contributed by atoms with Crippen molar-refractivity contribution in [2.24, 2.45) is 0 Å². The van der Waals surface area contributed by atoms with Crippen molar-refractivity contribution in [3.63, 3.8) is 0 Å². The van der Waals surface area contributed by atoms with Gasteiger partial charge in [-0.25, -0.2) is 9.18 Å². The van der Waals surface area contributed by atoms with E-state index in [1.165, 1.54) is 12.3 Å². The number of hydrogen-bond donors (Lipinski definition) is 0. The molecule has 22 heavy (non-hydrogen) atoms. The van der Waals surface area contributed by atoms with Gasteiger partial charge in [0.25, 0.3) is 0 Å². The van der Waals surface area contributed by atoms with Crippen LogP contribution in [0.1, 0.15) is 38.9 Å². The zero-order chi connectivity index (χ0) is 15.9. The van der Waals surface area contributed by atoms with Gasteiger partial charge in [-0.15, -0.1) is 10.2 Å². The Balaban J connectivity index is 1.77. The van der Waals surface area contributed by atoms with Gasteiger partial charge < -0.3 is 9.64 Å². The van der Waals surface area contributed by atoms with Crippen molar-refractivity contribution in [1.82, 2.24) is 19.5 Å². The summed E-state index contributed by atoms with van der Waals surface area (Å²) < 4.78 is 20.4. The molecule has 1 amide bonds. The van der Waals surface area contributed by atoms with Gasteiger partial charge in [-0.2, -0.15) is 0 Å². The van der Waals surface area contributed by atoms with E-state index in [-0.39, 0.29) is 17.8 Å². The molecule has 7 heteroatoms. The molecule has 2 aromatic heterocycles. The van der Waals surface area contributed by atoms with Crippen molar-refractivity contribution in [1.29, 1.82) is 0 Å². The summed E-state index contributed by atoms with van der Waals surface area (Å²) in [5.41, 5.74) is 0.0898. The molecule has 3 heterocycles. The van der Waals surface area contributed by atoms with Crippen LogP contribution >= 0.6 is 0 Å². The minimum Gasteiger partial charge on any atom is -0.444 e. The van der Waals surface area contributed by atoms with E-state index in [0.717, 1.165) is 6.42 Å². The molecule has 1 aliphatic rings. The molecular formula is C15H19FN4O2. The summed E-state index contributed by atoms with van der Waals surface area (Å²) in [7, 11) is 0. The number of carbonyl (C=O) groups is 1. The third-order valence-corrected chi connectivity index (χ3v) is 3.60. The SMILES string of the molecule is CC(C)(C)OC(=O)N1CCC(c2nnc3ccc(F)cn23)C1. The van der Waals surface area contributed by atoms with Crippen molar-refractivity contribution in [3.05, 3.63) is 30.0 Å². The lowest BCUT2D eigenvalue weighted by Crippen LogP contribution is -2.35. The van der Waals surface area contributed by atoms with Gasteiger partial charge in [-0.3, -0.25) is 4.40 Å². The van der Waals surface area contributed by atoms with E-state index in [4.69, 9.17) is 4.74 Å². The van der Waals surface area contributed by atoms with Crippen LogP contribution in [0.2, 0.25) is 0 Å². The Morgan fingerprint density at radius 2 is 2.14 bits per heavy atom. The molecule has 0 aromatic carbocycles. The summed E-state index contributed by atoms with van der Waals surface area (Å²) in [5, 5.41) is 8.20. The first-order valence-electron chi connectivity index (χ1n) is 7.31. The fourth-order valence-electron chi connectivity index (χ4n) is 2.62. The maximum atomic E-state index is 13.4. The number of hydrogen-bond acceptors (Lipinski definition) is 4. The van der Waals surface area contributed by atoms with Crippen LogP contribution in [-0.2, 0) is 4.74 Å². The van der Waals surface area contributed by atoms with Crippen LogP contribution in [0.3, 0.4) is 0 Å². The van der Waals surface area contributed by atoms with Gasteiger partial charge in [0.2, 0.25) is 0 Å². The minimum absolute atomic E-state index is 0.0318. The molecule has 0 bridgehead atoms. The van der Waals surface area contributed by atoms with E-state index in [1.807, 2.05) is 20.8 Å². The van der Waals surface area contributed by atoms with Gasteiger partial charge in [-0.1, -0.05) is 0 Å². The zero-order valence-electron chi connectivity index (χ0n) is 12.9. The number of carbonyl (C=O) groups excluding carboxylic acids is 1. The molecule has 118 valence electrons. The quantitative estimate of drug-likeness (QED) is 0.812. The molecule has 1 atom stereocenters. The Bertz CT molecular complexity index is 707. The lowest BCUT2D eigenvalue weighted by molar-refractivity contribution is 0.0292. The van der Waals surface area contributed by atoms with Crippen molar-refractivity contribution < 1.29 is 13.9 Å². The second kappa shape index (κ2) is 5.23. The summed E-state index contributed by atoms with van der Waals surface area (Å²) in [6.45, 7) is 6.63. The predicted molar refractivity (Wildman–Crippen MR) is 78.1 cm³/mol. The topological polar surface area (TPSA) is 59.7 Å². The predicted octanol–water partition coefficient (Wildman–Crippen LogP) is 2.59. The summed E-state index contributed by atoms with van der Waals surface area (Å²) in [6.07, 6.45) is 1.81. The molecule has 1 unspecified atom stereocenters. The second-order valence-electron chi connectivity index (χ2n) is 6.55. The monoisotopic (exact) mass is 306 g/mol. The molecular weight excluding hydrogens is 287 g/mol. The highest BCUT2D eigenvalue weighted by Gasteiger charge is 2.32. The van der Waals surface area contributed by atoms with E-state index in [2.05, 4.69) is 10.2 Å². The van der Waals surface area contributed by atoms with E-state index < -0.39 is 5.60 Å². The van der Waals surface area contributed by atoms with Gasteiger partial charge in [-0.05, 0) is 39.3 Å². The number of nitrogens with zero attached hydrogens (tertiary/aromatic N) is 4. The number of ether oxygens (including phenoxy) is 1. The van der Waals surface area contributed by atoms with Crippen LogP contribution in [0, 0.1) is 5.82 Å². The second-order valence-corrected chi connectivity index (χ2v) is 6.55. The molecule has 0 spiro atoms. The molecule has 1 fully saturated rings. The molecule has 6 nitrogen and oxygen atoms in total. The summed E-state index contributed by atoms with van der Waals surface area (Å²) >= 11 is 0. The van der Waals surface area contributed by atoms with Crippen LogP contribution < -0.4 is 0 Å². The van der Waals surface area contributed by atoms with Crippen LogP contribution in [0.5, 0.6) is 0 Å². The Morgan fingerprint density at radius 1 is 1.36 bits per heavy atom. The summed E-state index contributed by atoms with van der Waals surface area (Å²) in [4.78, 5) is 13.8. The lowest BCUT2D eigenvalue weighted by Gasteiger charge is -2.24. The van der Waals surface area contributed by atoms with Crippen LogP contribution in [0.25, 0.3) is 5.65 Å². The number of likely N-dealkylation sites (tertiary alicyclic amines) is 1. The van der Waals surface area contributed by atoms with Gasteiger partial charge in [0.05, 0.1) is 0 Å². The van der Waals surface area contributed by atoms with Gasteiger partial charge in [0.15, 0.2) is 5.65 Å². The third-order valence-electron chi connectivity index (χ3n) is 3.60. The highest BCUT2D eigenvalue weighted by atomic mass is 19.1. The third kappa shape index (κ3) is 2.88. The Hall–Kier alpha value is -2.18. The molecule has 1 aliphatic heterocycles.